The third-order valence-electron chi connectivity index (χ3n) is 3.94. The first-order chi connectivity index (χ1) is 10.2. The zero-order chi connectivity index (χ0) is 15.1. The van der Waals surface area contributed by atoms with Crippen LogP contribution in [0, 0.1) is 5.92 Å². The molecule has 0 amide bonds. The summed E-state index contributed by atoms with van der Waals surface area (Å²) in [6.45, 7) is 3.69. The van der Waals surface area contributed by atoms with Crippen LogP contribution in [0.15, 0.2) is 24.3 Å². The Kier molecular flexibility index (Phi) is 6.46. The molecule has 1 aliphatic carbocycles. The van der Waals surface area contributed by atoms with Gasteiger partial charge in [-0.15, -0.1) is 0 Å². The molecule has 21 heavy (non-hydrogen) atoms. The first kappa shape index (κ1) is 16.2. The Hall–Kier alpha value is -1.13. The average Bonchev–Trinajstić information content (AvgIpc) is 2.47. The van der Waals surface area contributed by atoms with Crippen LogP contribution in [0.1, 0.15) is 44.6 Å². The van der Waals surface area contributed by atoms with Gasteiger partial charge in [0.05, 0.1) is 24.9 Å². The van der Waals surface area contributed by atoms with Gasteiger partial charge in [-0.05, 0) is 30.9 Å². The van der Waals surface area contributed by atoms with Crippen LogP contribution >= 0.6 is 12.2 Å². The quantitative estimate of drug-likeness (QED) is 0.616. The number of nitrogens with two attached hydrogens (primary N) is 1. The topological polar surface area (TPSA) is 44.5 Å². The van der Waals surface area contributed by atoms with Crippen molar-refractivity contribution in [1.29, 1.82) is 0 Å². The molecule has 0 spiro atoms. The number of hydrogen-bond donors (Lipinski definition) is 1. The molecule has 0 heterocycles. The summed E-state index contributed by atoms with van der Waals surface area (Å²) in [6, 6.07) is 7.63. The molecule has 2 N–H and O–H groups in total. The molecule has 0 aliphatic heterocycles. The third kappa shape index (κ3) is 5.29. The van der Waals surface area contributed by atoms with Crippen molar-refractivity contribution >= 4 is 17.2 Å². The fourth-order valence-electron chi connectivity index (χ4n) is 2.82. The Bertz CT molecular complexity index is 464. The van der Waals surface area contributed by atoms with Crippen molar-refractivity contribution in [3.8, 4) is 5.75 Å². The highest BCUT2D eigenvalue weighted by atomic mass is 32.1. The minimum atomic E-state index is 0.373. The van der Waals surface area contributed by atoms with E-state index in [0.717, 1.165) is 30.3 Å². The lowest BCUT2D eigenvalue weighted by Crippen LogP contribution is -2.22. The molecule has 3 nitrogen and oxygen atoms in total. The van der Waals surface area contributed by atoms with Crippen LogP contribution in [0.3, 0.4) is 0 Å². The second kappa shape index (κ2) is 8.35. The third-order valence-corrected chi connectivity index (χ3v) is 4.16. The maximum absolute atomic E-state index is 5.94. The Balaban J connectivity index is 1.67. The van der Waals surface area contributed by atoms with Gasteiger partial charge in [0.25, 0.3) is 0 Å². The minimum Gasteiger partial charge on any atom is -0.493 e. The SMILES string of the molecule is CC1CCCC(OCCCOc2ccccc2C(N)=S)C1. The predicted molar refractivity (Wildman–Crippen MR) is 89.8 cm³/mol. The summed E-state index contributed by atoms with van der Waals surface area (Å²) in [5.74, 6) is 1.56. The summed E-state index contributed by atoms with van der Waals surface area (Å²) in [7, 11) is 0. The first-order valence-corrected chi connectivity index (χ1v) is 8.21. The first-order valence-electron chi connectivity index (χ1n) is 7.80. The van der Waals surface area contributed by atoms with Crippen LogP contribution < -0.4 is 10.5 Å². The maximum atomic E-state index is 5.94. The molecule has 1 saturated carbocycles. The Morgan fingerprint density at radius 2 is 2.10 bits per heavy atom. The predicted octanol–water partition coefficient (Wildman–Crippen LogP) is 3.69. The fourth-order valence-corrected chi connectivity index (χ4v) is 2.99. The van der Waals surface area contributed by atoms with Gasteiger partial charge in [-0.2, -0.15) is 0 Å². The standard InChI is InChI=1S/C17H25NO2S/c1-13-6-4-7-14(12-13)19-10-5-11-20-16-9-3-2-8-15(16)17(18)21/h2-3,8-9,13-14H,4-7,10-12H2,1H3,(H2,18,21). The van der Waals surface area contributed by atoms with E-state index in [9.17, 15) is 0 Å². The van der Waals surface area contributed by atoms with Gasteiger partial charge in [0.15, 0.2) is 0 Å². The number of ether oxygens (including phenoxy) is 2. The van der Waals surface area contributed by atoms with Gasteiger partial charge in [0.1, 0.15) is 10.7 Å². The van der Waals surface area contributed by atoms with E-state index in [0.29, 0.717) is 17.7 Å². The summed E-state index contributed by atoms with van der Waals surface area (Å²) in [6.07, 6.45) is 6.37. The van der Waals surface area contributed by atoms with Crippen molar-refractivity contribution in [2.75, 3.05) is 13.2 Å². The van der Waals surface area contributed by atoms with E-state index in [1.54, 1.807) is 0 Å². The van der Waals surface area contributed by atoms with Gasteiger partial charge in [0, 0.05) is 6.42 Å². The molecular weight excluding hydrogens is 282 g/mol. The summed E-state index contributed by atoms with van der Waals surface area (Å²) in [5.41, 5.74) is 6.48. The molecule has 0 radical (unpaired) electrons. The van der Waals surface area contributed by atoms with Crippen LogP contribution in [-0.2, 0) is 4.74 Å². The molecule has 1 aromatic rings. The number of hydrogen-bond acceptors (Lipinski definition) is 3. The second-order valence-electron chi connectivity index (χ2n) is 5.83. The molecule has 4 heteroatoms. The van der Waals surface area contributed by atoms with Crippen molar-refractivity contribution < 1.29 is 9.47 Å². The van der Waals surface area contributed by atoms with Crippen LogP contribution in [0.25, 0.3) is 0 Å². The lowest BCUT2D eigenvalue weighted by molar-refractivity contribution is 0.0106. The van der Waals surface area contributed by atoms with E-state index >= 15 is 0 Å². The summed E-state index contributed by atoms with van der Waals surface area (Å²) >= 11 is 5.02. The summed E-state index contributed by atoms with van der Waals surface area (Å²) in [4.78, 5) is 0.373. The second-order valence-corrected chi connectivity index (χ2v) is 6.27. The van der Waals surface area contributed by atoms with Crippen LogP contribution in [0.2, 0.25) is 0 Å². The summed E-state index contributed by atoms with van der Waals surface area (Å²) in [5, 5.41) is 0. The lowest BCUT2D eigenvalue weighted by atomic mass is 9.89. The van der Waals surface area contributed by atoms with E-state index < -0.39 is 0 Å². The molecule has 0 saturated heterocycles. The number of para-hydroxylation sites is 1. The van der Waals surface area contributed by atoms with E-state index in [2.05, 4.69) is 6.92 Å². The number of benzene rings is 1. The van der Waals surface area contributed by atoms with Crippen molar-refractivity contribution in [3.63, 3.8) is 0 Å². The molecule has 1 aromatic carbocycles. The van der Waals surface area contributed by atoms with Crippen molar-refractivity contribution in [2.45, 2.75) is 45.1 Å². The Labute approximate surface area is 132 Å². The minimum absolute atomic E-state index is 0.373. The molecule has 2 unspecified atom stereocenters. The van der Waals surface area contributed by atoms with Crippen molar-refractivity contribution in [3.05, 3.63) is 29.8 Å². The zero-order valence-electron chi connectivity index (χ0n) is 12.7. The molecule has 1 aliphatic rings. The zero-order valence-corrected chi connectivity index (χ0v) is 13.5. The molecule has 0 aromatic heterocycles. The van der Waals surface area contributed by atoms with E-state index in [1.807, 2.05) is 24.3 Å². The van der Waals surface area contributed by atoms with E-state index in [-0.39, 0.29) is 0 Å². The Morgan fingerprint density at radius 3 is 2.86 bits per heavy atom. The monoisotopic (exact) mass is 307 g/mol. The molecule has 2 atom stereocenters. The highest BCUT2D eigenvalue weighted by Gasteiger charge is 2.18. The highest BCUT2D eigenvalue weighted by molar-refractivity contribution is 7.80. The van der Waals surface area contributed by atoms with Gasteiger partial charge in [-0.1, -0.05) is 44.1 Å². The van der Waals surface area contributed by atoms with Crippen LogP contribution in [0.4, 0.5) is 0 Å². The molecule has 0 bridgehead atoms. The van der Waals surface area contributed by atoms with E-state index in [4.69, 9.17) is 27.4 Å². The highest BCUT2D eigenvalue weighted by Crippen LogP contribution is 2.25. The maximum Gasteiger partial charge on any atom is 0.129 e. The van der Waals surface area contributed by atoms with E-state index in [1.165, 1.54) is 25.7 Å². The molecule has 2 rings (SSSR count). The molecule has 1 fully saturated rings. The van der Waals surface area contributed by atoms with Gasteiger partial charge in [-0.25, -0.2) is 0 Å². The molecular formula is C17H25NO2S. The van der Waals surface area contributed by atoms with Gasteiger partial charge in [-0.3, -0.25) is 0 Å². The normalized spacial score (nSPS) is 22.0. The fraction of sp³-hybridized carbons (Fsp3) is 0.588. The molecule has 116 valence electrons. The van der Waals surface area contributed by atoms with Crippen LogP contribution in [0.5, 0.6) is 5.75 Å². The number of rotatable bonds is 7. The van der Waals surface area contributed by atoms with Gasteiger partial charge in [0.2, 0.25) is 0 Å². The van der Waals surface area contributed by atoms with Crippen molar-refractivity contribution in [1.82, 2.24) is 0 Å². The van der Waals surface area contributed by atoms with Crippen molar-refractivity contribution in [2.24, 2.45) is 11.7 Å². The smallest absolute Gasteiger partial charge is 0.129 e. The van der Waals surface area contributed by atoms with Gasteiger partial charge >= 0.3 is 0 Å². The van der Waals surface area contributed by atoms with Gasteiger partial charge < -0.3 is 15.2 Å². The number of thiocarbonyl (C=S) groups is 1. The average molecular weight is 307 g/mol. The summed E-state index contributed by atoms with van der Waals surface area (Å²) < 4.78 is 11.7. The van der Waals surface area contributed by atoms with Crippen LogP contribution in [-0.4, -0.2) is 24.3 Å². The largest absolute Gasteiger partial charge is 0.493 e. The lowest BCUT2D eigenvalue weighted by Gasteiger charge is -2.26. The Morgan fingerprint density at radius 1 is 1.29 bits per heavy atom.